The van der Waals surface area contributed by atoms with Crippen molar-refractivity contribution in [2.45, 2.75) is 19.4 Å². The molecule has 0 aliphatic carbocycles. The van der Waals surface area contributed by atoms with E-state index >= 15 is 0 Å². The number of likely N-dealkylation sites (N-methyl/N-ethyl adjacent to an activating group) is 1. The van der Waals surface area contributed by atoms with E-state index in [-0.39, 0.29) is 0 Å². The summed E-state index contributed by atoms with van der Waals surface area (Å²) >= 11 is 0. The molecule has 0 fully saturated rings. The molecular formula is C16H28N4O3S. The van der Waals surface area contributed by atoms with Gasteiger partial charge in [-0.2, -0.15) is 0 Å². The highest BCUT2D eigenvalue weighted by Crippen LogP contribution is 2.08. The van der Waals surface area contributed by atoms with Crippen molar-refractivity contribution < 1.29 is 13.2 Å². The Morgan fingerprint density at radius 2 is 1.92 bits per heavy atom. The second kappa shape index (κ2) is 8.89. The second-order valence-electron chi connectivity index (χ2n) is 6.24. The van der Waals surface area contributed by atoms with Gasteiger partial charge in [0.1, 0.15) is 12.4 Å². The zero-order chi connectivity index (χ0) is 18.2. The molecule has 136 valence electrons. The maximum absolute atomic E-state index is 11.4. The highest BCUT2D eigenvalue weighted by Gasteiger charge is 2.22. The van der Waals surface area contributed by atoms with Crippen molar-refractivity contribution >= 4 is 16.0 Å². The normalized spacial score (nSPS) is 12.8. The Balaban J connectivity index is 2.45. The van der Waals surface area contributed by atoms with Crippen molar-refractivity contribution in [3.05, 3.63) is 30.3 Å². The van der Waals surface area contributed by atoms with Crippen LogP contribution < -0.4 is 14.8 Å². The quantitative estimate of drug-likeness (QED) is 0.534. The minimum atomic E-state index is -3.26. The topological polar surface area (TPSA) is 83.0 Å². The number of para-hydroxylation sites is 1. The van der Waals surface area contributed by atoms with Crippen molar-refractivity contribution in [1.29, 1.82) is 0 Å². The molecule has 0 aliphatic heterocycles. The SMILES string of the molecule is CN=C(NCC(C)(C)NS(C)(=O)=O)N(C)CCOc1ccccc1. The number of hydrogen-bond donors (Lipinski definition) is 2. The van der Waals surface area contributed by atoms with Crippen LogP contribution in [0.1, 0.15) is 13.8 Å². The molecule has 0 saturated heterocycles. The summed E-state index contributed by atoms with van der Waals surface area (Å²) in [6.45, 7) is 5.21. The number of rotatable bonds is 8. The molecule has 0 spiro atoms. The van der Waals surface area contributed by atoms with Crippen molar-refractivity contribution in [3.8, 4) is 5.75 Å². The molecule has 0 saturated carbocycles. The molecule has 0 amide bonds. The average molecular weight is 356 g/mol. The van der Waals surface area contributed by atoms with E-state index < -0.39 is 15.6 Å². The molecule has 0 aromatic heterocycles. The average Bonchev–Trinajstić information content (AvgIpc) is 2.46. The Morgan fingerprint density at radius 3 is 2.46 bits per heavy atom. The summed E-state index contributed by atoms with van der Waals surface area (Å²) in [5.41, 5.74) is -0.620. The molecular weight excluding hydrogens is 328 g/mol. The van der Waals surface area contributed by atoms with E-state index in [1.54, 1.807) is 7.05 Å². The zero-order valence-electron chi connectivity index (χ0n) is 15.0. The number of aliphatic imine (C=N–C) groups is 1. The fourth-order valence-electron chi connectivity index (χ4n) is 2.15. The molecule has 0 aliphatic rings. The lowest BCUT2D eigenvalue weighted by Gasteiger charge is -2.29. The summed E-state index contributed by atoms with van der Waals surface area (Å²) in [6.07, 6.45) is 1.15. The lowest BCUT2D eigenvalue weighted by atomic mass is 10.1. The summed E-state index contributed by atoms with van der Waals surface area (Å²) < 4.78 is 31.0. The van der Waals surface area contributed by atoms with Crippen LogP contribution in [0.15, 0.2) is 35.3 Å². The third-order valence-electron chi connectivity index (χ3n) is 3.16. The van der Waals surface area contributed by atoms with Gasteiger partial charge < -0.3 is 15.0 Å². The monoisotopic (exact) mass is 356 g/mol. The Bertz CT molecular complexity index is 630. The van der Waals surface area contributed by atoms with Crippen LogP contribution in [-0.4, -0.2) is 64.9 Å². The number of hydrogen-bond acceptors (Lipinski definition) is 4. The largest absolute Gasteiger partial charge is 0.492 e. The van der Waals surface area contributed by atoms with E-state index in [1.165, 1.54) is 0 Å². The Hall–Kier alpha value is -1.80. The summed E-state index contributed by atoms with van der Waals surface area (Å²) in [4.78, 5) is 6.14. The molecule has 2 N–H and O–H groups in total. The lowest BCUT2D eigenvalue weighted by Crippen LogP contribution is -2.53. The first-order valence-electron chi connectivity index (χ1n) is 7.71. The predicted molar refractivity (Wildman–Crippen MR) is 98.0 cm³/mol. The molecule has 8 heteroatoms. The van der Waals surface area contributed by atoms with Gasteiger partial charge in [-0.05, 0) is 26.0 Å². The van der Waals surface area contributed by atoms with Gasteiger partial charge in [0.25, 0.3) is 0 Å². The number of ether oxygens (including phenoxy) is 1. The first-order valence-corrected chi connectivity index (χ1v) is 9.61. The summed E-state index contributed by atoms with van der Waals surface area (Å²) in [5, 5.41) is 3.17. The fourth-order valence-corrected chi connectivity index (χ4v) is 3.22. The van der Waals surface area contributed by atoms with E-state index in [4.69, 9.17) is 4.74 Å². The van der Waals surface area contributed by atoms with Gasteiger partial charge in [0.05, 0.1) is 12.8 Å². The smallest absolute Gasteiger partial charge is 0.209 e. The van der Waals surface area contributed by atoms with Crippen LogP contribution in [-0.2, 0) is 10.0 Å². The van der Waals surface area contributed by atoms with Crippen LogP contribution in [0.25, 0.3) is 0 Å². The van der Waals surface area contributed by atoms with Crippen molar-refractivity contribution in [3.63, 3.8) is 0 Å². The molecule has 24 heavy (non-hydrogen) atoms. The van der Waals surface area contributed by atoms with E-state index in [9.17, 15) is 8.42 Å². The highest BCUT2D eigenvalue weighted by atomic mass is 32.2. The van der Waals surface area contributed by atoms with Crippen molar-refractivity contribution in [2.24, 2.45) is 4.99 Å². The van der Waals surface area contributed by atoms with Crippen LogP contribution in [0.5, 0.6) is 5.75 Å². The molecule has 0 bridgehead atoms. The number of guanidine groups is 1. The third-order valence-corrected chi connectivity index (χ3v) is 4.09. The first kappa shape index (κ1) is 20.2. The van der Waals surface area contributed by atoms with Gasteiger partial charge in [-0.25, -0.2) is 13.1 Å². The van der Waals surface area contributed by atoms with Crippen LogP contribution in [0.4, 0.5) is 0 Å². The Kier molecular flexibility index (Phi) is 7.50. The molecule has 7 nitrogen and oxygen atoms in total. The molecule has 0 heterocycles. The second-order valence-corrected chi connectivity index (χ2v) is 7.99. The van der Waals surface area contributed by atoms with Crippen LogP contribution in [0.3, 0.4) is 0 Å². The maximum atomic E-state index is 11.4. The summed E-state index contributed by atoms with van der Waals surface area (Å²) in [6, 6.07) is 9.61. The minimum absolute atomic E-state index is 0.413. The molecule has 1 aromatic rings. The Labute approximate surface area is 145 Å². The maximum Gasteiger partial charge on any atom is 0.209 e. The van der Waals surface area contributed by atoms with Gasteiger partial charge >= 0.3 is 0 Å². The van der Waals surface area contributed by atoms with Crippen LogP contribution >= 0.6 is 0 Å². The molecule has 0 unspecified atom stereocenters. The predicted octanol–water partition coefficient (Wildman–Crippen LogP) is 0.900. The van der Waals surface area contributed by atoms with Crippen molar-refractivity contribution in [2.75, 3.05) is 40.0 Å². The highest BCUT2D eigenvalue weighted by molar-refractivity contribution is 7.88. The third kappa shape index (κ3) is 8.16. The molecule has 1 rings (SSSR count). The molecule has 1 aromatic carbocycles. The van der Waals surface area contributed by atoms with E-state index in [1.807, 2.05) is 56.1 Å². The molecule has 0 radical (unpaired) electrons. The minimum Gasteiger partial charge on any atom is -0.492 e. The van der Waals surface area contributed by atoms with Gasteiger partial charge in [-0.1, -0.05) is 18.2 Å². The van der Waals surface area contributed by atoms with Crippen molar-refractivity contribution in [1.82, 2.24) is 14.9 Å². The first-order chi connectivity index (χ1) is 11.1. The standard InChI is InChI=1S/C16H28N4O3S/c1-16(2,19-24(5,21)22)13-18-15(17-3)20(4)11-12-23-14-9-7-6-8-10-14/h6-10,19H,11-13H2,1-5H3,(H,17,18). The fraction of sp³-hybridized carbons (Fsp3) is 0.562. The number of benzene rings is 1. The number of sulfonamides is 1. The van der Waals surface area contributed by atoms with E-state index in [0.29, 0.717) is 25.7 Å². The summed E-state index contributed by atoms with van der Waals surface area (Å²) in [5.74, 6) is 1.50. The lowest BCUT2D eigenvalue weighted by molar-refractivity contribution is 0.280. The number of nitrogens with zero attached hydrogens (tertiary/aromatic N) is 2. The van der Waals surface area contributed by atoms with Crippen LogP contribution in [0, 0.1) is 0 Å². The number of nitrogens with one attached hydrogen (secondary N) is 2. The van der Waals surface area contributed by atoms with Crippen LogP contribution in [0.2, 0.25) is 0 Å². The van der Waals surface area contributed by atoms with Gasteiger partial charge in [0, 0.05) is 26.2 Å². The van der Waals surface area contributed by atoms with Gasteiger partial charge in [0.2, 0.25) is 10.0 Å². The van der Waals surface area contributed by atoms with Gasteiger partial charge in [-0.3, -0.25) is 4.99 Å². The van der Waals surface area contributed by atoms with E-state index in [2.05, 4.69) is 15.0 Å². The molecule has 0 atom stereocenters. The summed E-state index contributed by atoms with van der Waals surface area (Å²) in [7, 11) is 0.327. The zero-order valence-corrected chi connectivity index (χ0v) is 15.9. The Morgan fingerprint density at radius 1 is 1.29 bits per heavy atom. The van der Waals surface area contributed by atoms with Gasteiger partial charge in [-0.15, -0.1) is 0 Å². The van der Waals surface area contributed by atoms with E-state index in [0.717, 1.165) is 12.0 Å². The van der Waals surface area contributed by atoms with Gasteiger partial charge in [0.15, 0.2) is 5.96 Å².